The van der Waals surface area contributed by atoms with Gasteiger partial charge in [0.1, 0.15) is 0 Å². The van der Waals surface area contributed by atoms with Crippen molar-refractivity contribution in [3.63, 3.8) is 0 Å². The third-order valence-electron chi connectivity index (χ3n) is 4.83. The lowest BCUT2D eigenvalue weighted by molar-refractivity contribution is 0.0947. The first-order valence-electron chi connectivity index (χ1n) is 9.86. The number of nitrogens with one attached hydrogen (secondary N) is 1. The predicted octanol–water partition coefficient (Wildman–Crippen LogP) is 5.14. The molecule has 0 bridgehead atoms. The van der Waals surface area contributed by atoms with Gasteiger partial charge in [-0.05, 0) is 40.8 Å². The van der Waals surface area contributed by atoms with E-state index in [9.17, 15) is 4.79 Å². The van der Waals surface area contributed by atoms with Crippen molar-refractivity contribution in [1.82, 2.24) is 14.8 Å². The zero-order valence-corrected chi connectivity index (χ0v) is 17.3. The largest absolute Gasteiger partial charge is 0.461 e. The van der Waals surface area contributed by atoms with Crippen molar-refractivity contribution >= 4 is 11.9 Å². The zero-order chi connectivity index (χ0) is 21.1. The van der Waals surface area contributed by atoms with Gasteiger partial charge in [0, 0.05) is 12.1 Å². The van der Waals surface area contributed by atoms with E-state index < -0.39 is 0 Å². The first-order valence-corrected chi connectivity index (χ1v) is 9.86. The van der Waals surface area contributed by atoms with Gasteiger partial charge in [-0.2, -0.15) is 9.67 Å². The second-order valence-corrected chi connectivity index (χ2v) is 8.12. The van der Waals surface area contributed by atoms with Gasteiger partial charge in [-0.1, -0.05) is 63.2 Å². The molecule has 0 fully saturated rings. The Balaban J connectivity index is 1.65. The van der Waals surface area contributed by atoms with Gasteiger partial charge in [0.2, 0.25) is 11.8 Å². The summed E-state index contributed by atoms with van der Waals surface area (Å²) in [4.78, 5) is 17.7. The van der Waals surface area contributed by atoms with E-state index in [0.717, 1.165) is 11.1 Å². The van der Waals surface area contributed by atoms with Crippen molar-refractivity contribution < 1.29 is 9.21 Å². The van der Waals surface area contributed by atoms with Gasteiger partial charge < -0.3 is 9.73 Å². The Hall–Kier alpha value is -3.67. The summed E-state index contributed by atoms with van der Waals surface area (Å²) in [5, 5.41) is 7.64. The quantitative estimate of drug-likeness (QED) is 0.502. The normalized spacial score (nSPS) is 11.4. The number of hydrogen-bond donors (Lipinski definition) is 1. The number of aromatic nitrogens is 3. The smallest absolute Gasteiger partial charge is 0.281 e. The van der Waals surface area contributed by atoms with Crippen LogP contribution in [0.4, 0.5) is 5.95 Å². The molecule has 0 aliphatic rings. The molecular weight excluding hydrogens is 376 g/mol. The van der Waals surface area contributed by atoms with Crippen molar-refractivity contribution in [2.45, 2.75) is 32.7 Å². The maximum Gasteiger partial charge on any atom is 0.281 e. The second kappa shape index (κ2) is 7.99. The highest BCUT2D eigenvalue weighted by Gasteiger charge is 2.21. The van der Waals surface area contributed by atoms with E-state index in [-0.39, 0.29) is 11.3 Å². The standard InChI is InChI=1S/C24H24N4O2/c1-24(2,3)19-13-11-18(12-14-19)22(29)28-23(25-16-17-8-5-4-6-9-17)26-21(27-28)20-10-7-15-30-20/h4-15H,16H2,1-3H3,(H,25,26,27). The van der Waals surface area contributed by atoms with Crippen molar-refractivity contribution in [2.24, 2.45) is 0 Å². The molecule has 0 radical (unpaired) electrons. The molecule has 0 atom stereocenters. The van der Waals surface area contributed by atoms with E-state index in [4.69, 9.17) is 4.42 Å². The minimum atomic E-state index is -0.253. The second-order valence-electron chi connectivity index (χ2n) is 8.12. The SMILES string of the molecule is CC(C)(C)c1ccc(C(=O)n2nc(-c3ccco3)nc2NCc2ccccc2)cc1. The van der Waals surface area contributed by atoms with Gasteiger partial charge in [0.15, 0.2) is 5.76 Å². The molecule has 0 saturated carbocycles. The number of anilines is 1. The Morgan fingerprint density at radius 3 is 2.37 bits per heavy atom. The molecule has 0 spiro atoms. The van der Waals surface area contributed by atoms with Crippen LogP contribution in [-0.2, 0) is 12.0 Å². The molecule has 0 amide bonds. The van der Waals surface area contributed by atoms with Crippen LogP contribution in [0.5, 0.6) is 0 Å². The Bertz CT molecular complexity index is 1120. The van der Waals surface area contributed by atoms with Crippen LogP contribution in [0, 0.1) is 0 Å². The molecule has 2 aromatic heterocycles. The molecule has 0 aliphatic heterocycles. The Kier molecular flexibility index (Phi) is 5.23. The molecule has 2 heterocycles. The predicted molar refractivity (Wildman–Crippen MR) is 116 cm³/mol. The highest BCUT2D eigenvalue weighted by Crippen LogP contribution is 2.24. The van der Waals surface area contributed by atoms with Crippen LogP contribution in [-0.4, -0.2) is 20.7 Å². The Morgan fingerprint density at radius 1 is 1.00 bits per heavy atom. The summed E-state index contributed by atoms with van der Waals surface area (Å²) in [6.45, 7) is 6.95. The molecule has 30 heavy (non-hydrogen) atoms. The van der Waals surface area contributed by atoms with Gasteiger partial charge in [-0.25, -0.2) is 0 Å². The molecule has 152 valence electrons. The van der Waals surface area contributed by atoms with Crippen LogP contribution in [0.15, 0.2) is 77.4 Å². The van der Waals surface area contributed by atoms with Crippen LogP contribution < -0.4 is 5.32 Å². The molecule has 6 nitrogen and oxygen atoms in total. The summed E-state index contributed by atoms with van der Waals surface area (Å²) in [6.07, 6.45) is 1.56. The molecular formula is C24H24N4O2. The first-order chi connectivity index (χ1) is 14.4. The number of rotatable bonds is 5. The number of nitrogens with zero attached hydrogens (tertiary/aromatic N) is 3. The maximum atomic E-state index is 13.2. The van der Waals surface area contributed by atoms with Crippen molar-refractivity contribution in [3.8, 4) is 11.6 Å². The van der Waals surface area contributed by atoms with E-state index in [0.29, 0.717) is 29.6 Å². The van der Waals surface area contributed by atoms with Gasteiger partial charge in [0.25, 0.3) is 5.91 Å². The summed E-state index contributed by atoms with van der Waals surface area (Å²) in [5.74, 6) is 0.981. The van der Waals surface area contributed by atoms with Crippen molar-refractivity contribution in [2.75, 3.05) is 5.32 Å². The van der Waals surface area contributed by atoms with Gasteiger partial charge in [-0.15, -0.1) is 5.10 Å². The van der Waals surface area contributed by atoms with E-state index in [1.165, 1.54) is 4.68 Å². The van der Waals surface area contributed by atoms with Gasteiger partial charge >= 0.3 is 0 Å². The molecule has 4 aromatic rings. The minimum Gasteiger partial charge on any atom is -0.461 e. The van der Waals surface area contributed by atoms with Crippen molar-refractivity contribution in [1.29, 1.82) is 0 Å². The van der Waals surface area contributed by atoms with Gasteiger partial charge in [0.05, 0.1) is 6.26 Å². The van der Waals surface area contributed by atoms with E-state index in [2.05, 4.69) is 36.2 Å². The molecule has 6 heteroatoms. The molecule has 2 aromatic carbocycles. The summed E-state index contributed by atoms with van der Waals surface area (Å²) < 4.78 is 6.71. The third kappa shape index (κ3) is 4.17. The Morgan fingerprint density at radius 2 is 1.73 bits per heavy atom. The number of furan rings is 1. The van der Waals surface area contributed by atoms with Crippen molar-refractivity contribution in [3.05, 3.63) is 89.7 Å². The van der Waals surface area contributed by atoms with E-state index in [1.54, 1.807) is 18.4 Å². The number of carbonyl (C=O) groups is 1. The summed E-state index contributed by atoms with van der Waals surface area (Å²) in [5.41, 5.74) is 2.80. The monoisotopic (exact) mass is 400 g/mol. The third-order valence-corrected chi connectivity index (χ3v) is 4.83. The van der Waals surface area contributed by atoms with Crippen LogP contribution in [0.1, 0.15) is 42.3 Å². The zero-order valence-electron chi connectivity index (χ0n) is 17.3. The highest BCUT2D eigenvalue weighted by molar-refractivity contribution is 5.97. The molecule has 1 N–H and O–H groups in total. The fourth-order valence-corrected chi connectivity index (χ4v) is 3.09. The molecule has 0 unspecified atom stereocenters. The summed E-state index contributed by atoms with van der Waals surface area (Å²) in [6, 6.07) is 21.1. The average molecular weight is 400 g/mol. The lowest BCUT2D eigenvalue weighted by Gasteiger charge is -2.19. The maximum absolute atomic E-state index is 13.2. The number of benzene rings is 2. The first kappa shape index (κ1) is 19.6. The topological polar surface area (TPSA) is 73.0 Å². The summed E-state index contributed by atoms with van der Waals surface area (Å²) >= 11 is 0. The van der Waals surface area contributed by atoms with E-state index in [1.807, 2.05) is 54.6 Å². The van der Waals surface area contributed by atoms with Crippen LogP contribution in [0.2, 0.25) is 0 Å². The summed E-state index contributed by atoms with van der Waals surface area (Å²) in [7, 11) is 0. The lowest BCUT2D eigenvalue weighted by atomic mass is 9.87. The molecule has 0 aliphatic carbocycles. The lowest BCUT2D eigenvalue weighted by Crippen LogP contribution is -2.18. The van der Waals surface area contributed by atoms with E-state index >= 15 is 0 Å². The fourth-order valence-electron chi connectivity index (χ4n) is 3.09. The van der Waals surface area contributed by atoms with Crippen LogP contribution in [0.25, 0.3) is 11.6 Å². The fraction of sp³-hybridized carbons (Fsp3) is 0.208. The van der Waals surface area contributed by atoms with Gasteiger partial charge in [-0.3, -0.25) is 4.79 Å². The number of carbonyl (C=O) groups excluding carboxylic acids is 1. The highest BCUT2D eigenvalue weighted by atomic mass is 16.3. The number of hydrogen-bond acceptors (Lipinski definition) is 5. The Labute approximate surface area is 175 Å². The van der Waals surface area contributed by atoms with Crippen LogP contribution in [0.3, 0.4) is 0 Å². The molecule has 4 rings (SSSR count). The minimum absolute atomic E-state index is 0.0175. The molecule has 0 saturated heterocycles. The average Bonchev–Trinajstić information content (AvgIpc) is 3.42. The van der Waals surface area contributed by atoms with Crippen LogP contribution >= 0.6 is 0 Å².